The van der Waals surface area contributed by atoms with Gasteiger partial charge in [0.1, 0.15) is 0 Å². The number of benzene rings is 1. The number of nitrogens with one attached hydrogen (secondary N) is 1. The van der Waals surface area contributed by atoms with Crippen molar-refractivity contribution in [2.24, 2.45) is 5.92 Å². The van der Waals surface area contributed by atoms with Crippen LogP contribution in [-0.4, -0.2) is 16.7 Å². The maximum Gasteiger partial charge on any atom is 0.240 e. The van der Waals surface area contributed by atoms with Gasteiger partial charge >= 0.3 is 0 Å². The molecule has 0 saturated heterocycles. The van der Waals surface area contributed by atoms with E-state index in [9.17, 15) is 0 Å². The van der Waals surface area contributed by atoms with Crippen LogP contribution in [0, 0.1) is 5.92 Å². The summed E-state index contributed by atoms with van der Waals surface area (Å²) in [6, 6.07) is 8.06. The molecule has 0 saturated carbocycles. The monoisotopic (exact) mass is 323 g/mol. The Morgan fingerprint density at radius 1 is 1.32 bits per heavy atom. The molecule has 1 aromatic carbocycles. The highest BCUT2D eigenvalue weighted by molar-refractivity contribution is 9.10. The van der Waals surface area contributed by atoms with Gasteiger partial charge in [-0.3, -0.25) is 0 Å². The van der Waals surface area contributed by atoms with Crippen molar-refractivity contribution in [3.8, 4) is 0 Å². The van der Waals surface area contributed by atoms with Crippen LogP contribution in [-0.2, 0) is 13.0 Å². The molecule has 1 N–H and O–H groups in total. The molecular weight excluding hydrogens is 306 g/mol. The molecule has 0 atom stereocenters. The number of hydrogen-bond acceptors (Lipinski definition) is 4. The summed E-state index contributed by atoms with van der Waals surface area (Å²) in [5.74, 6) is 1.97. The molecule has 0 spiro atoms. The second-order valence-electron chi connectivity index (χ2n) is 4.90. The molecule has 102 valence electrons. The van der Waals surface area contributed by atoms with E-state index in [0.717, 1.165) is 16.6 Å². The van der Waals surface area contributed by atoms with Crippen LogP contribution in [0.2, 0.25) is 0 Å². The lowest BCUT2D eigenvalue weighted by Gasteiger charge is -2.03. The second-order valence-corrected chi connectivity index (χ2v) is 5.75. The largest absolute Gasteiger partial charge is 0.338 e. The third kappa shape index (κ3) is 4.44. The van der Waals surface area contributed by atoms with Gasteiger partial charge in [0.2, 0.25) is 5.89 Å². The number of hydrogen-bond donors (Lipinski definition) is 1. The van der Waals surface area contributed by atoms with E-state index in [4.69, 9.17) is 4.52 Å². The summed E-state index contributed by atoms with van der Waals surface area (Å²) in [5.41, 5.74) is 1.16. The summed E-state index contributed by atoms with van der Waals surface area (Å²) in [7, 11) is 0. The van der Waals surface area contributed by atoms with Crippen LogP contribution in [0.15, 0.2) is 33.3 Å². The van der Waals surface area contributed by atoms with E-state index in [1.807, 2.05) is 18.2 Å². The maximum absolute atomic E-state index is 5.22. The van der Waals surface area contributed by atoms with Gasteiger partial charge in [-0.2, -0.15) is 4.98 Å². The standard InChI is InChI=1S/C14H18BrN3O/c1-10(2)8-16-9-14-17-13(18-19-14)7-11-5-3-4-6-12(11)15/h3-6,10,16H,7-9H2,1-2H3. The summed E-state index contributed by atoms with van der Waals surface area (Å²) < 4.78 is 6.29. The molecule has 19 heavy (non-hydrogen) atoms. The summed E-state index contributed by atoms with van der Waals surface area (Å²) in [5, 5.41) is 7.29. The van der Waals surface area contributed by atoms with Crippen LogP contribution in [0.25, 0.3) is 0 Å². The van der Waals surface area contributed by atoms with Gasteiger partial charge in [-0.15, -0.1) is 0 Å². The molecule has 0 bridgehead atoms. The molecule has 2 rings (SSSR count). The fourth-order valence-corrected chi connectivity index (χ4v) is 2.14. The summed E-state index contributed by atoms with van der Waals surface area (Å²) >= 11 is 3.52. The summed E-state index contributed by atoms with van der Waals surface area (Å²) in [6.07, 6.45) is 0.676. The SMILES string of the molecule is CC(C)CNCc1nc(Cc2ccccc2Br)no1. The third-order valence-corrected chi connectivity index (χ3v) is 3.42. The van der Waals surface area contributed by atoms with Crippen LogP contribution in [0.5, 0.6) is 0 Å². The van der Waals surface area contributed by atoms with E-state index in [-0.39, 0.29) is 0 Å². The number of nitrogens with zero attached hydrogens (tertiary/aromatic N) is 2. The average molecular weight is 324 g/mol. The minimum Gasteiger partial charge on any atom is -0.338 e. The lowest BCUT2D eigenvalue weighted by molar-refractivity contribution is 0.360. The van der Waals surface area contributed by atoms with Crippen LogP contribution < -0.4 is 5.32 Å². The molecule has 0 radical (unpaired) electrons. The zero-order valence-electron chi connectivity index (χ0n) is 11.2. The first-order valence-electron chi connectivity index (χ1n) is 6.40. The Bertz CT molecular complexity index is 525. The van der Waals surface area contributed by atoms with Crippen LogP contribution in [0.1, 0.15) is 31.1 Å². The van der Waals surface area contributed by atoms with Crippen molar-refractivity contribution < 1.29 is 4.52 Å². The van der Waals surface area contributed by atoms with Crippen molar-refractivity contribution in [1.29, 1.82) is 0 Å². The van der Waals surface area contributed by atoms with Gasteiger partial charge in [-0.25, -0.2) is 0 Å². The predicted molar refractivity (Wildman–Crippen MR) is 77.8 cm³/mol. The lowest BCUT2D eigenvalue weighted by Crippen LogP contribution is -2.19. The highest BCUT2D eigenvalue weighted by Gasteiger charge is 2.08. The third-order valence-electron chi connectivity index (χ3n) is 2.65. The first kappa shape index (κ1) is 14.2. The van der Waals surface area contributed by atoms with E-state index in [1.54, 1.807) is 0 Å². The fourth-order valence-electron chi connectivity index (χ4n) is 1.71. The highest BCUT2D eigenvalue weighted by Crippen LogP contribution is 2.18. The topological polar surface area (TPSA) is 51.0 Å². The fraction of sp³-hybridized carbons (Fsp3) is 0.429. The minimum atomic E-state index is 0.614. The molecule has 4 nitrogen and oxygen atoms in total. The molecular formula is C14H18BrN3O. The Balaban J connectivity index is 1.92. The van der Waals surface area contributed by atoms with Crippen molar-refractivity contribution in [2.45, 2.75) is 26.8 Å². The molecule has 0 amide bonds. The Kier molecular flexibility index (Phi) is 5.10. The Hall–Kier alpha value is -1.20. The van der Waals surface area contributed by atoms with Crippen molar-refractivity contribution in [3.05, 3.63) is 46.0 Å². The molecule has 0 unspecified atom stereocenters. The zero-order valence-corrected chi connectivity index (χ0v) is 12.8. The molecule has 0 aliphatic carbocycles. The quantitative estimate of drug-likeness (QED) is 0.887. The van der Waals surface area contributed by atoms with Crippen LogP contribution >= 0.6 is 15.9 Å². The lowest BCUT2D eigenvalue weighted by atomic mass is 10.1. The van der Waals surface area contributed by atoms with Crippen molar-refractivity contribution in [2.75, 3.05) is 6.54 Å². The second kappa shape index (κ2) is 6.82. The Morgan fingerprint density at radius 3 is 2.84 bits per heavy atom. The molecule has 0 aliphatic rings. The zero-order chi connectivity index (χ0) is 13.7. The first-order chi connectivity index (χ1) is 9.15. The smallest absolute Gasteiger partial charge is 0.240 e. The maximum atomic E-state index is 5.22. The molecule has 2 aromatic rings. The van der Waals surface area contributed by atoms with Crippen molar-refractivity contribution >= 4 is 15.9 Å². The Labute approximate surface area is 121 Å². The van der Waals surface area contributed by atoms with Gasteiger partial charge in [0.05, 0.1) is 6.54 Å². The summed E-state index contributed by atoms with van der Waals surface area (Å²) in [6.45, 7) is 5.90. The van der Waals surface area contributed by atoms with Crippen LogP contribution in [0.4, 0.5) is 0 Å². The van der Waals surface area contributed by atoms with Gasteiger partial charge in [-0.1, -0.05) is 53.1 Å². The van der Waals surface area contributed by atoms with Gasteiger partial charge in [0, 0.05) is 10.9 Å². The van der Waals surface area contributed by atoms with Gasteiger partial charge in [0.25, 0.3) is 0 Å². The molecule has 5 heteroatoms. The van der Waals surface area contributed by atoms with Crippen molar-refractivity contribution in [3.63, 3.8) is 0 Å². The van der Waals surface area contributed by atoms with Gasteiger partial charge in [0.15, 0.2) is 5.82 Å². The molecule has 1 aromatic heterocycles. The average Bonchev–Trinajstić information content (AvgIpc) is 2.79. The normalized spacial score (nSPS) is 11.2. The van der Waals surface area contributed by atoms with Gasteiger partial charge < -0.3 is 9.84 Å². The number of aromatic nitrogens is 2. The summed E-state index contributed by atoms with van der Waals surface area (Å²) in [4.78, 5) is 4.38. The van der Waals surface area contributed by atoms with E-state index < -0.39 is 0 Å². The van der Waals surface area contributed by atoms with E-state index in [1.165, 1.54) is 0 Å². The first-order valence-corrected chi connectivity index (χ1v) is 7.20. The molecule has 0 aliphatic heterocycles. The Morgan fingerprint density at radius 2 is 2.11 bits per heavy atom. The van der Waals surface area contributed by atoms with Gasteiger partial charge in [-0.05, 0) is 24.1 Å². The number of halogens is 1. The minimum absolute atomic E-state index is 0.614. The van der Waals surface area contributed by atoms with E-state index in [0.29, 0.717) is 30.6 Å². The van der Waals surface area contributed by atoms with E-state index in [2.05, 4.69) is 51.3 Å². The van der Waals surface area contributed by atoms with Crippen LogP contribution in [0.3, 0.4) is 0 Å². The molecule has 0 fully saturated rings. The number of rotatable bonds is 6. The van der Waals surface area contributed by atoms with Crippen molar-refractivity contribution in [1.82, 2.24) is 15.5 Å². The predicted octanol–water partition coefficient (Wildman–Crippen LogP) is 3.17. The molecule has 1 heterocycles. The highest BCUT2D eigenvalue weighted by atomic mass is 79.9. The van der Waals surface area contributed by atoms with E-state index >= 15 is 0 Å².